The van der Waals surface area contributed by atoms with E-state index in [1.807, 2.05) is 20.8 Å². The zero-order chi connectivity index (χ0) is 19.8. The number of hydrogen-bond acceptors (Lipinski definition) is 5. The van der Waals surface area contributed by atoms with E-state index in [9.17, 15) is 18.0 Å². The van der Waals surface area contributed by atoms with Crippen molar-refractivity contribution in [3.8, 4) is 0 Å². The van der Waals surface area contributed by atoms with Gasteiger partial charge in [-0.25, -0.2) is 0 Å². The third kappa shape index (κ3) is 4.28. The van der Waals surface area contributed by atoms with Gasteiger partial charge < -0.3 is 14.5 Å². The number of carbonyl (C=O) groups excluding carboxylic acids is 2. The Morgan fingerprint density at radius 2 is 1.56 bits per heavy atom. The Labute approximate surface area is 161 Å². The third-order valence-electron chi connectivity index (χ3n) is 5.46. The van der Waals surface area contributed by atoms with E-state index < -0.39 is 10.2 Å². The fraction of sp³-hybridized carbons (Fsp3) is 0.882. The highest BCUT2D eigenvalue weighted by Crippen LogP contribution is 2.27. The summed E-state index contributed by atoms with van der Waals surface area (Å²) in [6.45, 7) is 9.20. The quantitative estimate of drug-likeness (QED) is 0.626. The van der Waals surface area contributed by atoms with Crippen molar-refractivity contribution < 1.29 is 22.7 Å². The molecule has 10 heteroatoms. The molecule has 1 atom stereocenters. The van der Waals surface area contributed by atoms with Crippen LogP contribution in [0.25, 0.3) is 0 Å². The third-order valence-corrected chi connectivity index (χ3v) is 7.49. The number of amides is 2. The lowest BCUT2D eigenvalue weighted by Crippen LogP contribution is -2.56. The largest absolute Gasteiger partial charge is 0.379 e. The summed E-state index contributed by atoms with van der Waals surface area (Å²) in [4.78, 5) is 28.5. The Morgan fingerprint density at radius 1 is 1.00 bits per heavy atom. The summed E-state index contributed by atoms with van der Waals surface area (Å²) in [6.07, 6.45) is 0.238. The SMILES string of the molecule is CC(C)(C)N1C[C@H](C(=O)N2CCN(S(=O)(=O)N3CCOCC3)CC2)CC1=O. The summed E-state index contributed by atoms with van der Waals surface area (Å²) in [7, 11) is -3.50. The predicted molar refractivity (Wildman–Crippen MR) is 99.0 cm³/mol. The molecule has 0 N–H and O–H groups in total. The van der Waals surface area contributed by atoms with Gasteiger partial charge in [-0.15, -0.1) is 0 Å². The van der Waals surface area contributed by atoms with Gasteiger partial charge in [-0.1, -0.05) is 0 Å². The standard InChI is InChI=1S/C17H30N4O5S/c1-17(2,3)21-13-14(12-15(21)22)16(23)18-4-6-19(7-5-18)27(24,25)20-8-10-26-11-9-20/h14H,4-13H2,1-3H3/t14-/m1/s1. The van der Waals surface area contributed by atoms with E-state index in [-0.39, 0.29) is 42.8 Å². The van der Waals surface area contributed by atoms with E-state index in [1.165, 1.54) is 8.61 Å². The highest BCUT2D eigenvalue weighted by molar-refractivity contribution is 7.86. The number of carbonyl (C=O) groups is 2. The van der Waals surface area contributed by atoms with Gasteiger partial charge in [0.2, 0.25) is 11.8 Å². The molecule has 0 radical (unpaired) electrons. The van der Waals surface area contributed by atoms with Crippen LogP contribution in [-0.4, -0.2) is 103 Å². The summed E-state index contributed by atoms with van der Waals surface area (Å²) >= 11 is 0. The average Bonchev–Trinajstić information content (AvgIpc) is 3.04. The minimum Gasteiger partial charge on any atom is -0.379 e. The number of nitrogens with zero attached hydrogens (tertiary/aromatic N) is 4. The van der Waals surface area contributed by atoms with Crippen LogP contribution in [0.3, 0.4) is 0 Å². The Morgan fingerprint density at radius 3 is 2.07 bits per heavy atom. The van der Waals surface area contributed by atoms with E-state index in [0.29, 0.717) is 45.9 Å². The van der Waals surface area contributed by atoms with Crippen molar-refractivity contribution in [2.45, 2.75) is 32.7 Å². The Bertz CT molecular complexity index is 676. The molecule has 0 aliphatic carbocycles. The lowest BCUT2D eigenvalue weighted by molar-refractivity contribution is -0.137. The number of likely N-dealkylation sites (tertiary alicyclic amines) is 1. The first-order valence-electron chi connectivity index (χ1n) is 9.53. The molecule has 3 heterocycles. The second kappa shape index (κ2) is 7.65. The number of rotatable bonds is 3. The molecule has 0 bridgehead atoms. The summed E-state index contributed by atoms with van der Waals surface area (Å²) in [5, 5.41) is 0. The van der Waals surface area contributed by atoms with Gasteiger partial charge in [0.15, 0.2) is 0 Å². The maximum absolute atomic E-state index is 12.8. The molecular weight excluding hydrogens is 372 g/mol. The van der Waals surface area contributed by atoms with Gasteiger partial charge in [0.05, 0.1) is 19.1 Å². The molecule has 0 aromatic rings. The van der Waals surface area contributed by atoms with Crippen LogP contribution in [-0.2, 0) is 24.5 Å². The zero-order valence-electron chi connectivity index (χ0n) is 16.4. The Hall–Kier alpha value is -1.23. The van der Waals surface area contributed by atoms with Gasteiger partial charge in [0, 0.05) is 57.8 Å². The first kappa shape index (κ1) is 20.5. The van der Waals surface area contributed by atoms with Crippen LogP contribution in [0.5, 0.6) is 0 Å². The first-order valence-corrected chi connectivity index (χ1v) is 10.9. The molecule has 3 aliphatic rings. The van der Waals surface area contributed by atoms with Crippen molar-refractivity contribution >= 4 is 22.0 Å². The smallest absolute Gasteiger partial charge is 0.282 e. The lowest BCUT2D eigenvalue weighted by atomic mass is 10.1. The molecule has 3 rings (SSSR count). The maximum atomic E-state index is 12.8. The molecule has 0 spiro atoms. The highest BCUT2D eigenvalue weighted by atomic mass is 32.2. The van der Waals surface area contributed by atoms with E-state index in [4.69, 9.17) is 4.74 Å². The molecule has 0 aromatic carbocycles. The molecule has 2 amide bonds. The molecule has 0 saturated carbocycles. The predicted octanol–water partition coefficient (Wildman–Crippen LogP) is -0.645. The van der Waals surface area contributed by atoms with Crippen molar-refractivity contribution in [3.63, 3.8) is 0 Å². The second-order valence-electron chi connectivity index (χ2n) is 8.32. The van der Waals surface area contributed by atoms with Crippen molar-refractivity contribution in [3.05, 3.63) is 0 Å². The number of morpholine rings is 1. The molecule has 3 aliphatic heterocycles. The van der Waals surface area contributed by atoms with Gasteiger partial charge in [-0.3, -0.25) is 9.59 Å². The van der Waals surface area contributed by atoms with Gasteiger partial charge in [-0.2, -0.15) is 17.0 Å². The summed E-state index contributed by atoms with van der Waals surface area (Å²) < 4.78 is 33.5. The van der Waals surface area contributed by atoms with Gasteiger partial charge in [-0.05, 0) is 20.8 Å². The van der Waals surface area contributed by atoms with Crippen LogP contribution < -0.4 is 0 Å². The Balaban J connectivity index is 1.56. The molecule has 154 valence electrons. The maximum Gasteiger partial charge on any atom is 0.282 e. The average molecular weight is 403 g/mol. The molecular formula is C17H30N4O5S. The van der Waals surface area contributed by atoms with Gasteiger partial charge in [0.1, 0.15) is 0 Å². The van der Waals surface area contributed by atoms with Crippen LogP contribution in [0, 0.1) is 5.92 Å². The van der Waals surface area contributed by atoms with E-state index in [0.717, 1.165) is 0 Å². The summed E-state index contributed by atoms with van der Waals surface area (Å²) in [5.41, 5.74) is -0.295. The van der Waals surface area contributed by atoms with Crippen LogP contribution in [0.1, 0.15) is 27.2 Å². The fourth-order valence-corrected chi connectivity index (χ4v) is 5.42. The Kier molecular flexibility index (Phi) is 5.81. The second-order valence-corrected chi connectivity index (χ2v) is 10.2. The van der Waals surface area contributed by atoms with Gasteiger partial charge >= 0.3 is 0 Å². The molecule has 3 saturated heterocycles. The molecule has 9 nitrogen and oxygen atoms in total. The van der Waals surface area contributed by atoms with Crippen LogP contribution >= 0.6 is 0 Å². The van der Waals surface area contributed by atoms with Crippen LogP contribution in [0.2, 0.25) is 0 Å². The van der Waals surface area contributed by atoms with E-state index >= 15 is 0 Å². The van der Waals surface area contributed by atoms with E-state index in [2.05, 4.69) is 0 Å². The van der Waals surface area contributed by atoms with Crippen molar-refractivity contribution in [1.29, 1.82) is 0 Å². The minimum atomic E-state index is -3.50. The first-order chi connectivity index (χ1) is 12.6. The summed E-state index contributed by atoms with van der Waals surface area (Å²) in [5.74, 6) is -0.368. The van der Waals surface area contributed by atoms with Crippen molar-refractivity contribution in [1.82, 2.24) is 18.4 Å². The zero-order valence-corrected chi connectivity index (χ0v) is 17.2. The number of hydrogen-bond donors (Lipinski definition) is 0. The molecule has 27 heavy (non-hydrogen) atoms. The van der Waals surface area contributed by atoms with E-state index in [1.54, 1.807) is 9.80 Å². The monoisotopic (exact) mass is 402 g/mol. The summed E-state index contributed by atoms with van der Waals surface area (Å²) in [6, 6.07) is 0. The molecule has 0 unspecified atom stereocenters. The number of ether oxygens (including phenoxy) is 1. The number of piperazine rings is 1. The van der Waals surface area contributed by atoms with Gasteiger partial charge in [0.25, 0.3) is 10.2 Å². The lowest BCUT2D eigenvalue weighted by Gasteiger charge is -2.38. The van der Waals surface area contributed by atoms with Crippen LogP contribution in [0.4, 0.5) is 0 Å². The minimum absolute atomic E-state index is 0.00869. The highest BCUT2D eigenvalue weighted by Gasteiger charge is 2.42. The van der Waals surface area contributed by atoms with Crippen molar-refractivity contribution in [2.75, 3.05) is 59.0 Å². The van der Waals surface area contributed by atoms with Crippen LogP contribution in [0.15, 0.2) is 0 Å². The fourth-order valence-electron chi connectivity index (χ4n) is 3.86. The molecule has 0 aromatic heterocycles. The van der Waals surface area contributed by atoms with Crippen molar-refractivity contribution in [2.24, 2.45) is 5.92 Å². The normalized spacial score (nSPS) is 26.6. The molecule has 3 fully saturated rings. The topological polar surface area (TPSA) is 90.5 Å².